The molecule has 112 valence electrons. The number of alkyl halides is 3. The molecule has 0 atom stereocenters. The van der Waals surface area contributed by atoms with E-state index in [-0.39, 0.29) is 18.4 Å². The Hall–Kier alpha value is -2.31. The first-order chi connectivity index (χ1) is 9.93. The molecule has 21 heavy (non-hydrogen) atoms. The van der Waals surface area contributed by atoms with Gasteiger partial charge in [0.2, 0.25) is 0 Å². The summed E-state index contributed by atoms with van der Waals surface area (Å²) in [6.07, 6.45) is -3.80. The Kier molecular flexibility index (Phi) is 4.30. The molecule has 7 heteroatoms. The molecule has 2 rings (SSSR count). The number of para-hydroxylation sites is 1. The highest BCUT2D eigenvalue weighted by Gasteiger charge is 2.36. The highest BCUT2D eigenvalue weighted by molar-refractivity contribution is 5.62. The maximum atomic E-state index is 13.1. The molecule has 0 N–H and O–H groups in total. The van der Waals surface area contributed by atoms with Crippen LogP contribution in [0.4, 0.5) is 24.7 Å². The Morgan fingerprint density at radius 3 is 2.43 bits per heavy atom. The normalized spacial score (nSPS) is 11.3. The van der Waals surface area contributed by atoms with Gasteiger partial charge in [0.15, 0.2) is 5.82 Å². The summed E-state index contributed by atoms with van der Waals surface area (Å²) < 4.78 is 44.4. The molecular formula is C14H14F3N3O. The number of anilines is 2. The third-order valence-corrected chi connectivity index (χ3v) is 2.79. The van der Waals surface area contributed by atoms with Crippen LogP contribution in [0.5, 0.6) is 6.01 Å². The third-order valence-electron chi connectivity index (χ3n) is 2.79. The number of halogens is 3. The second kappa shape index (κ2) is 5.99. The number of ether oxygens (including phenoxy) is 1. The molecule has 0 fully saturated rings. The lowest BCUT2D eigenvalue weighted by Crippen LogP contribution is -2.19. The van der Waals surface area contributed by atoms with E-state index in [1.165, 1.54) is 11.9 Å². The summed E-state index contributed by atoms with van der Waals surface area (Å²) in [7, 11) is 1.52. The van der Waals surface area contributed by atoms with Crippen LogP contribution < -0.4 is 9.64 Å². The summed E-state index contributed by atoms with van der Waals surface area (Å²) in [5.41, 5.74) is -0.318. The van der Waals surface area contributed by atoms with Crippen molar-refractivity contribution in [1.82, 2.24) is 9.97 Å². The largest absolute Gasteiger partial charge is 0.464 e. The van der Waals surface area contributed by atoms with Crippen LogP contribution in [-0.2, 0) is 6.18 Å². The average Bonchev–Trinajstić information content (AvgIpc) is 2.46. The number of rotatable bonds is 4. The standard InChI is InChI=1S/C14H14F3N3O/c1-3-21-13-18-9-11(14(15,16)17)12(19-13)20(2)10-7-5-4-6-8-10/h4-9H,3H2,1-2H3. The first-order valence-corrected chi connectivity index (χ1v) is 6.29. The molecule has 0 bridgehead atoms. The summed E-state index contributed by atoms with van der Waals surface area (Å²) in [6.45, 7) is 1.99. The molecule has 0 radical (unpaired) electrons. The first kappa shape index (κ1) is 15.1. The molecular weight excluding hydrogens is 283 g/mol. The van der Waals surface area contributed by atoms with E-state index in [1.54, 1.807) is 37.3 Å². The van der Waals surface area contributed by atoms with Crippen LogP contribution in [0.3, 0.4) is 0 Å². The molecule has 0 amide bonds. The minimum absolute atomic E-state index is 0.0803. The Labute approximate surface area is 120 Å². The quantitative estimate of drug-likeness (QED) is 0.863. The number of benzene rings is 1. The zero-order valence-electron chi connectivity index (χ0n) is 11.6. The molecule has 0 saturated carbocycles. The Balaban J connectivity index is 2.50. The summed E-state index contributed by atoms with van der Waals surface area (Å²) in [6, 6.07) is 8.58. The van der Waals surface area contributed by atoms with Crippen LogP contribution in [0.15, 0.2) is 36.5 Å². The summed E-state index contributed by atoms with van der Waals surface area (Å²) in [4.78, 5) is 8.82. The van der Waals surface area contributed by atoms with Crippen LogP contribution in [0.2, 0.25) is 0 Å². The smallest absolute Gasteiger partial charge is 0.421 e. The van der Waals surface area contributed by atoms with Crippen molar-refractivity contribution in [3.8, 4) is 6.01 Å². The van der Waals surface area contributed by atoms with Crippen LogP contribution in [0, 0.1) is 0 Å². The van der Waals surface area contributed by atoms with E-state index in [0.29, 0.717) is 5.69 Å². The van der Waals surface area contributed by atoms with E-state index in [2.05, 4.69) is 9.97 Å². The predicted molar refractivity (Wildman–Crippen MR) is 72.7 cm³/mol. The zero-order valence-corrected chi connectivity index (χ0v) is 11.6. The lowest BCUT2D eigenvalue weighted by Gasteiger charge is -2.22. The van der Waals surface area contributed by atoms with Crippen molar-refractivity contribution in [3.63, 3.8) is 0 Å². The van der Waals surface area contributed by atoms with Gasteiger partial charge in [-0.1, -0.05) is 18.2 Å². The first-order valence-electron chi connectivity index (χ1n) is 6.29. The molecule has 0 aliphatic rings. The van der Waals surface area contributed by atoms with Crippen molar-refractivity contribution in [2.45, 2.75) is 13.1 Å². The zero-order chi connectivity index (χ0) is 15.5. The third kappa shape index (κ3) is 3.42. The van der Waals surface area contributed by atoms with Crippen LogP contribution in [0.1, 0.15) is 12.5 Å². The van der Waals surface area contributed by atoms with Crippen LogP contribution in [0.25, 0.3) is 0 Å². The molecule has 0 spiro atoms. The van der Waals surface area contributed by atoms with Gasteiger partial charge >= 0.3 is 12.2 Å². The fourth-order valence-electron chi connectivity index (χ4n) is 1.79. The molecule has 2 aromatic rings. The van der Waals surface area contributed by atoms with E-state index in [9.17, 15) is 13.2 Å². The maximum absolute atomic E-state index is 13.1. The van der Waals surface area contributed by atoms with Crippen molar-refractivity contribution < 1.29 is 17.9 Å². The maximum Gasteiger partial charge on any atom is 0.421 e. The van der Waals surface area contributed by atoms with Gasteiger partial charge in [-0.2, -0.15) is 18.2 Å². The molecule has 0 aliphatic carbocycles. The second-order valence-corrected chi connectivity index (χ2v) is 4.22. The summed E-state index contributed by atoms with van der Waals surface area (Å²) in [5.74, 6) is -0.243. The Morgan fingerprint density at radius 2 is 1.86 bits per heavy atom. The summed E-state index contributed by atoms with van der Waals surface area (Å²) >= 11 is 0. The van der Waals surface area contributed by atoms with Crippen molar-refractivity contribution in [1.29, 1.82) is 0 Å². The molecule has 0 unspecified atom stereocenters. The fraction of sp³-hybridized carbons (Fsp3) is 0.286. The van der Waals surface area contributed by atoms with E-state index < -0.39 is 11.7 Å². The molecule has 1 aromatic heterocycles. The van der Waals surface area contributed by atoms with Crippen molar-refractivity contribution in [2.24, 2.45) is 0 Å². The monoisotopic (exact) mass is 297 g/mol. The van der Waals surface area contributed by atoms with E-state index in [4.69, 9.17) is 4.74 Å². The van der Waals surface area contributed by atoms with Gasteiger partial charge in [-0.3, -0.25) is 0 Å². The number of aromatic nitrogens is 2. The lowest BCUT2D eigenvalue weighted by atomic mass is 10.2. The average molecular weight is 297 g/mol. The fourth-order valence-corrected chi connectivity index (χ4v) is 1.79. The Morgan fingerprint density at radius 1 is 1.19 bits per heavy atom. The molecule has 4 nitrogen and oxygen atoms in total. The molecule has 1 aromatic carbocycles. The molecule has 1 heterocycles. The number of hydrogen-bond donors (Lipinski definition) is 0. The van der Waals surface area contributed by atoms with E-state index in [0.717, 1.165) is 6.20 Å². The van der Waals surface area contributed by atoms with Crippen LogP contribution >= 0.6 is 0 Å². The van der Waals surface area contributed by atoms with E-state index in [1.807, 2.05) is 0 Å². The number of nitrogens with zero attached hydrogens (tertiary/aromatic N) is 3. The van der Waals surface area contributed by atoms with Gasteiger partial charge in [-0.05, 0) is 19.1 Å². The highest BCUT2D eigenvalue weighted by atomic mass is 19.4. The predicted octanol–water partition coefficient (Wildman–Crippen LogP) is 3.66. The lowest BCUT2D eigenvalue weighted by molar-refractivity contribution is -0.137. The van der Waals surface area contributed by atoms with Gasteiger partial charge in [-0.25, -0.2) is 4.98 Å². The van der Waals surface area contributed by atoms with Gasteiger partial charge in [0.05, 0.1) is 6.61 Å². The van der Waals surface area contributed by atoms with Gasteiger partial charge in [-0.15, -0.1) is 0 Å². The highest BCUT2D eigenvalue weighted by Crippen LogP contribution is 2.37. The van der Waals surface area contributed by atoms with Gasteiger partial charge in [0, 0.05) is 18.9 Å². The molecule has 0 saturated heterocycles. The minimum Gasteiger partial charge on any atom is -0.464 e. The van der Waals surface area contributed by atoms with Crippen LogP contribution in [-0.4, -0.2) is 23.6 Å². The van der Waals surface area contributed by atoms with Crippen molar-refractivity contribution in [3.05, 3.63) is 42.1 Å². The Bertz CT molecular complexity index is 602. The van der Waals surface area contributed by atoms with Gasteiger partial charge in [0.25, 0.3) is 0 Å². The van der Waals surface area contributed by atoms with Crippen molar-refractivity contribution >= 4 is 11.5 Å². The SMILES string of the molecule is CCOc1ncc(C(F)(F)F)c(N(C)c2ccccc2)n1. The van der Waals surface area contributed by atoms with Gasteiger partial charge in [0.1, 0.15) is 5.56 Å². The molecule has 0 aliphatic heterocycles. The topological polar surface area (TPSA) is 38.2 Å². The minimum atomic E-state index is -4.54. The summed E-state index contributed by atoms with van der Waals surface area (Å²) in [5, 5.41) is 0. The number of hydrogen-bond acceptors (Lipinski definition) is 4. The second-order valence-electron chi connectivity index (χ2n) is 4.22. The van der Waals surface area contributed by atoms with Crippen molar-refractivity contribution in [2.75, 3.05) is 18.6 Å². The van der Waals surface area contributed by atoms with Gasteiger partial charge < -0.3 is 9.64 Å². The van der Waals surface area contributed by atoms with E-state index >= 15 is 0 Å².